The van der Waals surface area contributed by atoms with E-state index in [0.29, 0.717) is 18.9 Å². The highest BCUT2D eigenvalue weighted by molar-refractivity contribution is 7.89. The summed E-state index contributed by atoms with van der Waals surface area (Å²) in [6.45, 7) is 1.10. The van der Waals surface area contributed by atoms with E-state index in [-0.39, 0.29) is 16.5 Å². The van der Waals surface area contributed by atoms with E-state index in [1.54, 1.807) is 24.0 Å². The van der Waals surface area contributed by atoms with Gasteiger partial charge in [0.2, 0.25) is 10.0 Å². The molecule has 0 aliphatic carbocycles. The quantitative estimate of drug-likeness (QED) is 0.813. The van der Waals surface area contributed by atoms with Gasteiger partial charge < -0.3 is 9.88 Å². The van der Waals surface area contributed by atoms with Crippen molar-refractivity contribution in [2.45, 2.75) is 10.9 Å². The number of benzene rings is 1. The number of hydrogen-bond donors (Lipinski definition) is 1. The molecule has 1 aromatic heterocycles. The Morgan fingerprint density at radius 3 is 2.79 bits per heavy atom. The molecule has 1 aromatic carbocycles. The Kier molecular flexibility index (Phi) is 4.85. The molecule has 0 amide bonds. The Balaban J connectivity index is 2.07. The molecule has 1 fully saturated rings. The first-order valence-corrected chi connectivity index (χ1v) is 9.37. The lowest BCUT2D eigenvalue weighted by atomic mass is 10.2. The zero-order valence-electron chi connectivity index (χ0n) is 12.7. The third-order valence-electron chi connectivity index (χ3n) is 3.94. The zero-order valence-corrected chi connectivity index (χ0v) is 15.0. The summed E-state index contributed by atoms with van der Waals surface area (Å²) < 4.78 is 43.1. The van der Waals surface area contributed by atoms with Crippen LogP contribution in [0.15, 0.2) is 29.4 Å². The number of piperazine rings is 1. The fraction of sp³-hybridized carbons (Fsp3) is 0.357. The standard InChI is InChI=1S/C14H15Cl2FN4O2S/c1-20-6-5-19-14(20)10-8-18-4-7-21(10)24(22,23)11-3-2-9(15)13(17)12(11)16/h2-3,5-6,10,18H,4,7-8H2,1H3. The van der Waals surface area contributed by atoms with Crippen LogP contribution >= 0.6 is 23.2 Å². The minimum atomic E-state index is -4.01. The van der Waals surface area contributed by atoms with Gasteiger partial charge in [-0.25, -0.2) is 17.8 Å². The highest BCUT2D eigenvalue weighted by atomic mass is 35.5. The van der Waals surface area contributed by atoms with Gasteiger partial charge in [-0.2, -0.15) is 4.31 Å². The van der Waals surface area contributed by atoms with Crippen LogP contribution in [0.5, 0.6) is 0 Å². The summed E-state index contributed by atoms with van der Waals surface area (Å²) in [7, 11) is -2.23. The number of sulfonamides is 1. The average Bonchev–Trinajstić information content (AvgIpc) is 2.98. The molecular formula is C14H15Cl2FN4O2S. The van der Waals surface area contributed by atoms with Gasteiger partial charge in [-0.15, -0.1) is 0 Å². The third-order valence-corrected chi connectivity index (χ3v) is 6.66. The Bertz CT molecular complexity index is 872. The minimum Gasteiger partial charge on any atom is -0.337 e. The average molecular weight is 393 g/mol. The Morgan fingerprint density at radius 2 is 2.12 bits per heavy atom. The maximum atomic E-state index is 13.9. The minimum absolute atomic E-state index is 0.222. The number of halogens is 3. The fourth-order valence-electron chi connectivity index (χ4n) is 2.73. The summed E-state index contributed by atoms with van der Waals surface area (Å²) in [5, 5.41) is 2.43. The van der Waals surface area contributed by atoms with E-state index >= 15 is 0 Å². The van der Waals surface area contributed by atoms with E-state index in [0.717, 1.165) is 0 Å². The molecule has 1 atom stereocenters. The van der Waals surface area contributed by atoms with Crippen molar-refractivity contribution in [3.8, 4) is 0 Å². The van der Waals surface area contributed by atoms with Crippen LogP contribution in [0.2, 0.25) is 10.0 Å². The van der Waals surface area contributed by atoms with Crippen molar-refractivity contribution in [1.29, 1.82) is 0 Å². The second kappa shape index (κ2) is 6.61. The van der Waals surface area contributed by atoms with E-state index in [1.165, 1.54) is 16.4 Å². The second-order valence-electron chi connectivity index (χ2n) is 5.41. The van der Waals surface area contributed by atoms with Gasteiger partial charge in [-0.05, 0) is 12.1 Å². The number of nitrogens with one attached hydrogen (secondary N) is 1. The lowest BCUT2D eigenvalue weighted by Gasteiger charge is -2.34. The molecule has 0 radical (unpaired) electrons. The summed E-state index contributed by atoms with van der Waals surface area (Å²) in [5.41, 5.74) is 0. The van der Waals surface area contributed by atoms with Crippen LogP contribution in [0.25, 0.3) is 0 Å². The molecule has 1 N–H and O–H groups in total. The van der Waals surface area contributed by atoms with Crippen LogP contribution < -0.4 is 5.32 Å². The van der Waals surface area contributed by atoms with Gasteiger partial charge in [0, 0.05) is 39.1 Å². The SMILES string of the molecule is Cn1ccnc1C1CNCCN1S(=O)(=O)c1ccc(Cl)c(F)c1Cl. The molecule has 1 aliphatic rings. The van der Waals surface area contributed by atoms with Crippen molar-refractivity contribution in [3.63, 3.8) is 0 Å². The van der Waals surface area contributed by atoms with Gasteiger partial charge in [0.05, 0.1) is 16.1 Å². The van der Waals surface area contributed by atoms with Crippen LogP contribution in [0.1, 0.15) is 11.9 Å². The summed E-state index contributed by atoms with van der Waals surface area (Å²) >= 11 is 11.6. The highest BCUT2D eigenvalue weighted by Gasteiger charge is 2.38. The van der Waals surface area contributed by atoms with Gasteiger partial charge in [0.1, 0.15) is 10.7 Å². The molecule has 2 aromatic rings. The van der Waals surface area contributed by atoms with Crippen molar-refractivity contribution in [2.24, 2.45) is 7.05 Å². The van der Waals surface area contributed by atoms with Crippen LogP contribution in [0.4, 0.5) is 4.39 Å². The first kappa shape index (κ1) is 17.6. The van der Waals surface area contributed by atoms with Crippen LogP contribution in [-0.4, -0.2) is 41.9 Å². The largest absolute Gasteiger partial charge is 0.337 e. The molecule has 6 nitrogen and oxygen atoms in total. The maximum absolute atomic E-state index is 13.9. The predicted molar refractivity (Wildman–Crippen MR) is 89.1 cm³/mol. The Morgan fingerprint density at radius 1 is 1.38 bits per heavy atom. The maximum Gasteiger partial charge on any atom is 0.245 e. The third kappa shape index (κ3) is 2.93. The molecular weight excluding hydrogens is 378 g/mol. The zero-order chi connectivity index (χ0) is 17.5. The van der Waals surface area contributed by atoms with Gasteiger partial charge >= 0.3 is 0 Å². The molecule has 2 heterocycles. The first-order valence-electron chi connectivity index (χ1n) is 7.17. The molecule has 3 rings (SSSR count). The normalized spacial score (nSPS) is 19.6. The van der Waals surface area contributed by atoms with Gasteiger partial charge in [-0.1, -0.05) is 23.2 Å². The first-order chi connectivity index (χ1) is 11.3. The molecule has 1 unspecified atom stereocenters. The number of imidazole rings is 1. The fourth-order valence-corrected chi connectivity index (χ4v) is 5.03. The van der Waals surface area contributed by atoms with Crippen molar-refractivity contribution >= 4 is 33.2 Å². The highest BCUT2D eigenvalue weighted by Crippen LogP contribution is 2.34. The molecule has 24 heavy (non-hydrogen) atoms. The monoisotopic (exact) mass is 392 g/mol. The molecule has 0 spiro atoms. The van der Waals surface area contributed by atoms with Crippen LogP contribution in [0, 0.1) is 5.82 Å². The van der Waals surface area contributed by atoms with E-state index in [2.05, 4.69) is 10.3 Å². The number of aromatic nitrogens is 2. The summed E-state index contributed by atoms with van der Waals surface area (Å²) in [6, 6.07) is 1.90. The number of rotatable bonds is 3. The topological polar surface area (TPSA) is 67.2 Å². The van der Waals surface area contributed by atoms with Gasteiger partial charge in [0.15, 0.2) is 5.82 Å². The van der Waals surface area contributed by atoms with Crippen molar-refractivity contribution in [3.05, 3.63) is 46.2 Å². The Labute approximate surface area is 149 Å². The molecule has 1 saturated heterocycles. The lowest BCUT2D eigenvalue weighted by molar-refractivity contribution is 0.258. The number of aryl methyl sites for hydroxylation is 1. The summed E-state index contributed by atoms with van der Waals surface area (Å²) in [6.07, 6.45) is 3.34. The molecule has 1 aliphatic heterocycles. The second-order valence-corrected chi connectivity index (χ2v) is 8.05. The predicted octanol–water partition coefficient (Wildman–Crippen LogP) is 2.20. The summed E-state index contributed by atoms with van der Waals surface area (Å²) in [5.74, 6) is -0.348. The van der Waals surface area contributed by atoms with E-state index in [9.17, 15) is 12.8 Å². The van der Waals surface area contributed by atoms with Crippen LogP contribution in [-0.2, 0) is 17.1 Å². The van der Waals surface area contributed by atoms with Crippen molar-refractivity contribution in [1.82, 2.24) is 19.2 Å². The lowest BCUT2D eigenvalue weighted by Crippen LogP contribution is -2.49. The van der Waals surface area contributed by atoms with Crippen LogP contribution in [0.3, 0.4) is 0 Å². The number of nitrogens with zero attached hydrogens (tertiary/aromatic N) is 3. The molecule has 10 heteroatoms. The summed E-state index contributed by atoms with van der Waals surface area (Å²) in [4.78, 5) is 3.94. The Hall–Kier alpha value is -1.19. The smallest absolute Gasteiger partial charge is 0.245 e. The number of hydrogen-bond acceptors (Lipinski definition) is 4. The molecule has 0 bridgehead atoms. The molecule has 130 valence electrons. The van der Waals surface area contributed by atoms with Crippen molar-refractivity contribution < 1.29 is 12.8 Å². The van der Waals surface area contributed by atoms with Gasteiger partial charge in [-0.3, -0.25) is 0 Å². The van der Waals surface area contributed by atoms with E-state index < -0.39 is 26.9 Å². The van der Waals surface area contributed by atoms with Gasteiger partial charge in [0.25, 0.3) is 0 Å². The molecule has 0 saturated carbocycles. The van der Waals surface area contributed by atoms with Crippen molar-refractivity contribution in [2.75, 3.05) is 19.6 Å². The van der Waals surface area contributed by atoms with E-state index in [1.807, 2.05) is 0 Å². The van der Waals surface area contributed by atoms with E-state index in [4.69, 9.17) is 23.2 Å².